The number of halogens is 3. The van der Waals surface area contributed by atoms with Crippen molar-refractivity contribution in [1.29, 1.82) is 0 Å². The largest absolute Gasteiger partial charge is 0.452 e. The Hall–Kier alpha value is -1.83. The summed E-state index contributed by atoms with van der Waals surface area (Å²) in [4.78, 5) is 15.4. The first-order valence-corrected chi connectivity index (χ1v) is 8.52. The van der Waals surface area contributed by atoms with Crippen LogP contribution in [0.5, 0.6) is 0 Å². The van der Waals surface area contributed by atoms with Crippen LogP contribution in [0.2, 0.25) is 0 Å². The van der Waals surface area contributed by atoms with Gasteiger partial charge in [0.2, 0.25) is 5.76 Å². The summed E-state index contributed by atoms with van der Waals surface area (Å²) in [5.41, 5.74) is 0.0772. The lowest BCUT2D eigenvalue weighted by atomic mass is 10.0. The molecule has 0 aliphatic carbocycles. The van der Waals surface area contributed by atoms with Gasteiger partial charge in [0.25, 0.3) is 5.91 Å². The van der Waals surface area contributed by atoms with Crippen molar-refractivity contribution in [1.82, 2.24) is 10.1 Å². The third-order valence-corrected chi connectivity index (χ3v) is 5.26. The van der Waals surface area contributed by atoms with Gasteiger partial charge >= 0.3 is 6.18 Å². The Labute approximate surface area is 141 Å². The first-order chi connectivity index (χ1) is 11.3. The molecule has 4 nitrogen and oxygen atoms in total. The third kappa shape index (κ3) is 3.19. The first-order valence-electron chi connectivity index (χ1n) is 7.70. The zero-order valence-electron chi connectivity index (χ0n) is 13.3. The molecule has 0 spiro atoms. The van der Waals surface area contributed by atoms with Gasteiger partial charge in [-0.3, -0.25) is 4.79 Å². The quantitative estimate of drug-likeness (QED) is 0.788. The number of piperidine rings is 1. The van der Waals surface area contributed by atoms with E-state index in [1.165, 1.54) is 6.92 Å². The lowest BCUT2D eigenvalue weighted by Gasteiger charge is -2.30. The smallest absolute Gasteiger partial charge is 0.351 e. The predicted octanol–water partition coefficient (Wildman–Crippen LogP) is 4.60. The number of hydrogen-bond donors (Lipinski definition) is 0. The van der Waals surface area contributed by atoms with Crippen molar-refractivity contribution in [2.24, 2.45) is 5.92 Å². The lowest BCUT2D eigenvalue weighted by molar-refractivity contribution is -0.156. The maximum atomic E-state index is 12.8. The van der Waals surface area contributed by atoms with E-state index in [2.05, 4.69) is 16.6 Å². The lowest BCUT2D eigenvalue weighted by Crippen LogP contribution is -2.38. The average molecular weight is 358 g/mol. The van der Waals surface area contributed by atoms with E-state index in [4.69, 9.17) is 0 Å². The minimum Gasteiger partial charge on any atom is -0.351 e. The minimum atomic E-state index is -4.57. The molecule has 1 aliphatic rings. The number of nitrogens with zero attached hydrogens (tertiary/aromatic N) is 2. The third-order valence-electron chi connectivity index (χ3n) is 4.18. The van der Waals surface area contributed by atoms with Crippen molar-refractivity contribution >= 4 is 17.2 Å². The second-order valence-electron chi connectivity index (χ2n) is 6.15. The van der Waals surface area contributed by atoms with Crippen LogP contribution in [0, 0.1) is 12.8 Å². The van der Waals surface area contributed by atoms with E-state index in [1.807, 2.05) is 0 Å². The van der Waals surface area contributed by atoms with Gasteiger partial charge in [-0.15, -0.1) is 11.3 Å². The highest BCUT2D eigenvalue weighted by Crippen LogP contribution is 2.38. The van der Waals surface area contributed by atoms with Gasteiger partial charge in [0, 0.05) is 18.7 Å². The van der Waals surface area contributed by atoms with Crippen LogP contribution in [-0.2, 0) is 6.18 Å². The van der Waals surface area contributed by atoms with Crippen LogP contribution in [0.15, 0.2) is 16.7 Å². The van der Waals surface area contributed by atoms with Gasteiger partial charge in [0.15, 0.2) is 0 Å². The van der Waals surface area contributed by atoms with Crippen LogP contribution >= 0.6 is 11.3 Å². The summed E-state index contributed by atoms with van der Waals surface area (Å²) in [6, 6.07) is 3.26. The monoisotopic (exact) mass is 358 g/mol. The molecule has 3 heterocycles. The maximum Gasteiger partial charge on any atom is 0.452 e. The fourth-order valence-corrected chi connectivity index (χ4v) is 3.95. The number of aromatic nitrogens is 1. The predicted molar refractivity (Wildman–Crippen MR) is 83.9 cm³/mol. The van der Waals surface area contributed by atoms with Gasteiger partial charge in [0.1, 0.15) is 5.69 Å². The van der Waals surface area contributed by atoms with E-state index in [0.717, 1.165) is 30.7 Å². The van der Waals surface area contributed by atoms with E-state index >= 15 is 0 Å². The number of carbonyl (C=O) groups is 1. The SMILES string of the molecule is Cc1c(-c2ccc(C(=O)N3CCCC(C)C3)s2)noc1C(F)(F)F. The highest BCUT2D eigenvalue weighted by Gasteiger charge is 2.39. The molecule has 0 bridgehead atoms. The normalized spacial score (nSPS) is 18.9. The van der Waals surface area contributed by atoms with Gasteiger partial charge in [0.05, 0.1) is 9.75 Å². The van der Waals surface area contributed by atoms with Crippen molar-refractivity contribution in [3.05, 3.63) is 28.3 Å². The van der Waals surface area contributed by atoms with Gasteiger partial charge < -0.3 is 9.42 Å². The molecule has 130 valence electrons. The summed E-state index contributed by atoms with van der Waals surface area (Å²) in [5.74, 6) is -0.701. The molecule has 8 heteroatoms. The molecule has 1 atom stereocenters. The molecule has 1 aliphatic heterocycles. The molecule has 0 radical (unpaired) electrons. The number of hydrogen-bond acceptors (Lipinski definition) is 4. The number of rotatable bonds is 2. The van der Waals surface area contributed by atoms with Crippen molar-refractivity contribution in [3.8, 4) is 10.6 Å². The number of likely N-dealkylation sites (tertiary alicyclic amines) is 1. The molecule has 3 rings (SSSR count). The van der Waals surface area contributed by atoms with Gasteiger partial charge in [-0.25, -0.2) is 0 Å². The summed E-state index contributed by atoms with van der Waals surface area (Å²) in [6.07, 6.45) is -2.49. The Morgan fingerprint density at radius 1 is 1.42 bits per heavy atom. The van der Waals surface area contributed by atoms with Gasteiger partial charge in [-0.2, -0.15) is 13.2 Å². The van der Waals surface area contributed by atoms with Gasteiger partial charge in [-0.05, 0) is 37.8 Å². The molecule has 24 heavy (non-hydrogen) atoms. The van der Waals surface area contributed by atoms with Crippen molar-refractivity contribution in [2.75, 3.05) is 13.1 Å². The van der Waals surface area contributed by atoms with Crippen LogP contribution in [0.3, 0.4) is 0 Å². The van der Waals surface area contributed by atoms with Gasteiger partial charge in [-0.1, -0.05) is 12.1 Å². The van der Waals surface area contributed by atoms with Crippen LogP contribution in [0.4, 0.5) is 13.2 Å². The number of amides is 1. The van der Waals surface area contributed by atoms with Crippen molar-refractivity contribution in [2.45, 2.75) is 32.9 Å². The van der Waals surface area contributed by atoms with Crippen molar-refractivity contribution < 1.29 is 22.5 Å². The van der Waals surface area contributed by atoms with Crippen LogP contribution < -0.4 is 0 Å². The van der Waals surface area contributed by atoms with E-state index in [1.54, 1.807) is 17.0 Å². The summed E-state index contributed by atoms with van der Waals surface area (Å²) in [5, 5.41) is 3.54. The number of thiophene rings is 1. The fourth-order valence-electron chi connectivity index (χ4n) is 2.94. The zero-order chi connectivity index (χ0) is 17.5. The molecule has 0 N–H and O–H groups in total. The molecule has 0 saturated carbocycles. The van der Waals surface area contributed by atoms with Crippen LogP contribution in [0.1, 0.15) is 40.8 Å². The highest BCUT2D eigenvalue weighted by molar-refractivity contribution is 7.17. The standard InChI is InChI=1S/C16H17F3N2O2S/c1-9-4-3-7-21(8-9)15(22)12-6-5-11(24-12)13-10(2)14(23-20-13)16(17,18)19/h5-6,9H,3-4,7-8H2,1-2H3. The summed E-state index contributed by atoms with van der Waals surface area (Å²) < 4.78 is 42.8. The van der Waals surface area contributed by atoms with Crippen molar-refractivity contribution in [3.63, 3.8) is 0 Å². The van der Waals surface area contributed by atoms with Crippen LogP contribution in [-0.4, -0.2) is 29.1 Å². The van der Waals surface area contributed by atoms with E-state index in [0.29, 0.717) is 22.2 Å². The molecule has 1 saturated heterocycles. The zero-order valence-corrected chi connectivity index (χ0v) is 14.1. The minimum absolute atomic E-state index is 0.0602. The first kappa shape index (κ1) is 17.0. The maximum absolute atomic E-state index is 12.8. The molecule has 2 aromatic rings. The molecule has 0 aromatic carbocycles. The Morgan fingerprint density at radius 3 is 2.79 bits per heavy atom. The number of carbonyl (C=O) groups excluding carboxylic acids is 1. The summed E-state index contributed by atoms with van der Waals surface area (Å²) in [7, 11) is 0. The number of alkyl halides is 3. The Balaban J connectivity index is 1.83. The summed E-state index contributed by atoms with van der Waals surface area (Å²) in [6.45, 7) is 4.86. The second kappa shape index (κ2) is 6.23. The Bertz CT molecular complexity index is 751. The highest BCUT2D eigenvalue weighted by atomic mass is 32.1. The molecule has 1 amide bonds. The molecular weight excluding hydrogens is 341 g/mol. The Morgan fingerprint density at radius 2 is 2.17 bits per heavy atom. The molecular formula is C16H17F3N2O2S. The second-order valence-corrected chi connectivity index (χ2v) is 7.23. The topological polar surface area (TPSA) is 46.3 Å². The summed E-state index contributed by atoms with van der Waals surface area (Å²) >= 11 is 1.15. The average Bonchev–Trinajstić information content (AvgIpc) is 3.12. The molecule has 2 aromatic heterocycles. The molecule has 1 unspecified atom stereocenters. The van der Waals surface area contributed by atoms with E-state index < -0.39 is 11.9 Å². The van der Waals surface area contributed by atoms with E-state index in [-0.39, 0.29) is 17.2 Å². The fraction of sp³-hybridized carbons (Fsp3) is 0.500. The molecule has 1 fully saturated rings. The van der Waals surface area contributed by atoms with E-state index in [9.17, 15) is 18.0 Å². The Kier molecular flexibility index (Phi) is 4.42. The van der Waals surface area contributed by atoms with Crippen LogP contribution in [0.25, 0.3) is 10.6 Å².